The molecule has 2 aliphatic rings. The van der Waals surface area contributed by atoms with Gasteiger partial charge in [-0.3, -0.25) is 29.5 Å². The minimum atomic E-state index is -0.665. The summed E-state index contributed by atoms with van der Waals surface area (Å²) in [5, 5.41) is 11.2. The van der Waals surface area contributed by atoms with Crippen molar-refractivity contribution in [2.75, 3.05) is 32.8 Å². The van der Waals surface area contributed by atoms with Gasteiger partial charge in [-0.05, 0) is 77.7 Å². The van der Waals surface area contributed by atoms with Crippen molar-refractivity contribution >= 4 is 29.6 Å². The van der Waals surface area contributed by atoms with Crippen LogP contribution in [0.3, 0.4) is 0 Å². The fraction of sp³-hybridized carbons (Fsp3) is 0.455. The first kappa shape index (κ1) is 31.7. The van der Waals surface area contributed by atoms with E-state index < -0.39 is 22.2 Å². The first-order valence-electron chi connectivity index (χ1n) is 14.8. The fourth-order valence-electron chi connectivity index (χ4n) is 6.57. The molecule has 10 nitrogen and oxygen atoms in total. The summed E-state index contributed by atoms with van der Waals surface area (Å²) in [7, 11) is 0. The molecule has 2 aromatic carbocycles. The summed E-state index contributed by atoms with van der Waals surface area (Å²) < 4.78 is 5.50. The Morgan fingerprint density at radius 3 is 2.33 bits per heavy atom. The van der Waals surface area contributed by atoms with Crippen LogP contribution in [0.4, 0.5) is 5.69 Å². The van der Waals surface area contributed by atoms with Crippen LogP contribution in [0.15, 0.2) is 71.0 Å². The highest BCUT2D eigenvalue weighted by atomic mass is 16.6. The number of nitro benzene ring substituents is 1. The fourth-order valence-corrected chi connectivity index (χ4v) is 6.57. The lowest BCUT2D eigenvalue weighted by molar-refractivity contribution is -0.384. The average Bonchev–Trinajstić information content (AvgIpc) is 3.00. The normalized spacial score (nSPS) is 20.2. The van der Waals surface area contributed by atoms with Gasteiger partial charge in [0.1, 0.15) is 5.78 Å². The van der Waals surface area contributed by atoms with Crippen molar-refractivity contribution in [2.24, 2.45) is 10.9 Å². The molecule has 0 radical (unpaired) electrons. The topological polar surface area (TPSA) is 122 Å². The number of nitro groups is 1. The van der Waals surface area contributed by atoms with E-state index in [1.54, 1.807) is 24.0 Å². The van der Waals surface area contributed by atoms with Crippen LogP contribution < -0.4 is 0 Å². The molecule has 2 heterocycles. The van der Waals surface area contributed by atoms with E-state index >= 15 is 0 Å². The molecule has 2 atom stereocenters. The third kappa shape index (κ3) is 6.74. The first-order valence-corrected chi connectivity index (χ1v) is 14.8. The summed E-state index contributed by atoms with van der Waals surface area (Å²) in [6, 6.07) is 16.0. The molecule has 2 aromatic rings. The number of ketones is 1. The van der Waals surface area contributed by atoms with E-state index in [-0.39, 0.29) is 17.4 Å². The van der Waals surface area contributed by atoms with Crippen LogP contribution in [0.2, 0.25) is 0 Å². The van der Waals surface area contributed by atoms with E-state index in [9.17, 15) is 24.5 Å². The van der Waals surface area contributed by atoms with Crippen molar-refractivity contribution in [1.29, 1.82) is 0 Å². The maximum atomic E-state index is 13.1. The van der Waals surface area contributed by atoms with Crippen LogP contribution in [0.25, 0.3) is 0 Å². The van der Waals surface area contributed by atoms with Crippen molar-refractivity contribution in [3.63, 3.8) is 0 Å². The van der Waals surface area contributed by atoms with Gasteiger partial charge in [-0.2, -0.15) is 0 Å². The SMILES string of the molecule is CCOC(=O)C1(c2ccccc2)CCN(CCCN(C=O)C2=C(C)N=C(C)C(C(C)=O)C2c2ccc([N+](=O)[O-])cc2)CC1. The Kier molecular flexibility index (Phi) is 10.2. The lowest BCUT2D eigenvalue weighted by Crippen LogP contribution is -2.48. The number of hydrogen-bond acceptors (Lipinski definition) is 8. The number of ether oxygens (including phenoxy) is 1. The van der Waals surface area contributed by atoms with E-state index in [0.29, 0.717) is 55.1 Å². The molecule has 0 saturated carbocycles. The Morgan fingerprint density at radius 1 is 1.12 bits per heavy atom. The molecule has 10 heteroatoms. The number of esters is 1. The number of carbonyl (C=O) groups is 3. The minimum absolute atomic E-state index is 0.0420. The third-order valence-corrected chi connectivity index (χ3v) is 8.71. The van der Waals surface area contributed by atoms with Crippen LogP contribution >= 0.6 is 0 Å². The lowest BCUT2D eigenvalue weighted by Gasteiger charge is -2.40. The summed E-state index contributed by atoms with van der Waals surface area (Å²) in [6.07, 6.45) is 2.75. The number of non-ortho nitro benzene ring substituents is 1. The number of Topliss-reactive ketones (excluding diaryl/α,β-unsaturated/α-hetero) is 1. The third-order valence-electron chi connectivity index (χ3n) is 8.71. The molecule has 43 heavy (non-hydrogen) atoms. The van der Waals surface area contributed by atoms with Crippen LogP contribution in [0.1, 0.15) is 64.0 Å². The zero-order valence-corrected chi connectivity index (χ0v) is 25.3. The molecule has 1 saturated heterocycles. The molecule has 0 N–H and O–H groups in total. The second-order valence-electron chi connectivity index (χ2n) is 11.3. The Morgan fingerprint density at radius 2 is 1.77 bits per heavy atom. The highest BCUT2D eigenvalue weighted by molar-refractivity contribution is 6.05. The number of likely N-dealkylation sites (tertiary alicyclic amines) is 1. The number of piperidine rings is 1. The number of rotatable bonds is 12. The summed E-state index contributed by atoms with van der Waals surface area (Å²) in [5.74, 6) is -1.34. The predicted octanol–water partition coefficient (Wildman–Crippen LogP) is 5.04. The largest absolute Gasteiger partial charge is 0.465 e. The Hall–Kier alpha value is -4.18. The quantitative estimate of drug-likeness (QED) is 0.147. The molecular weight excluding hydrogens is 548 g/mol. The molecular formula is C33H40N4O6. The zero-order valence-electron chi connectivity index (χ0n) is 25.3. The average molecular weight is 589 g/mol. The van der Waals surface area contributed by atoms with Gasteiger partial charge in [0.05, 0.1) is 34.3 Å². The van der Waals surface area contributed by atoms with E-state index in [2.05, 4.69) is 9.89 Å². The standard InChI is InChI=1S/C33H40N4O6/c1-5-43-32(40)33(27-10-7-6-8-11-27)16-20-35(21-17-33)18-9-19-36(22-38)31-24(3)34-23(2)29(25(4)39)30(31)26-12-14-28(15-13-26)37(41)42/h6-8,10-15,22,29-30H,5,9,16-21H2,1-4H3. The maximum Gasteiger partial charge on any atom is 0.316 e. The van der Waals surface area contributed by atoms with Crippen LogP contribution in [0, 0.1) is 16.0 Å². The second kappa shape index (κ2) is 13.9. The number of nitrogens with zero attached hydrogens (tertiary/aromatic N) is 4. The van der Waals surface area contributed by atoms with Crippen molar-refractivity contribution in [3.8, 4) is 0 Å². The van der Waals surface area contributed by atoms with Crippen LogP contribution in [-0.2, 0) is 24.5 Å². The van der Waals surface area contributed by atoms with Gasteiger partial charge in [0, 0.05) is 30.3 Å². The van der Waals surface area contributed by atoms with E-state index in [1.165, 1.54) is 19.1 Å². The molecule has 0 aromatic heterocycles. The van der Waals surface area contributed by atoms with Gasteiger partial charge in [-0.1, -0.05) is 42.5 Å². The van der Waals surface area contributed by atoms with Gasteiger partial charge in [0.2, 0.25) is 6.41 Å². The Labute approximate surface area is 252 Å². The summed E-state index contributed by atoms with van der Waals surface area (Å²) >= 11 is 0. The number of benzene rings is 2. The summed E-state index contributed by atoms with van der Waals surface area (Å²) in [5.41, 5.74) is 2.92. The number of aliphatic imine (C=N–C) groups is 1. The van der Waals surface area contributed by atoms with Crippen molar-refractivity contribution in [3.05, 3.63) is 87.2 Å². The molecule has 2 aliphatic heterocycles. The molecule has 0 bridgehead atoms. The number of allylic oxidation sites excluding steroid dienone is 2. The van der Waals surface area contributed by atoms with Crippen molar-refractivity contribution in [1.82, 2.24) is 9.80 Å². The van der Waals surface area contributed by atoms with Crippen molar-refractivity contribution in [2.45, 2.75) is 58.3 Å². The molecule has 0 spiro atoms. The molecule has 4 rings (SSSR count). The maximum absolute atomic E-state index is 13.1. The number of carbonyl (C=O) groups excluding carboxylic acids is 3. The van der Waals surface area contributed by atoms with E-state index in [0.717, 1.165) is 31.6 Å². The first-order chi connectivity index (χ1) is 20.6. The van der Waals surface area contributed by atoms with Crippen molar-refractivity contribution < 1.29 is 24.0 Å². The van der Waals surface area contributed by atoms with Gasteiger partial charge in [0.15, 0.2) is 0 Å². The van der Waals surface area contributed by atoms with Gasteiger partial charge in [-0.15, -0.1) is 0 Å². The van der Waals surface area contributed by atoms with Gasteiger partial charge >= 0.3 is 5.97 Å². The van der Waals surface area contributed by atoms with E-state index in [4.69, 9.17) is 4.74 Å². The van der Waals surface area contributed by atoms with Gasteiger partial charge < -0.3 is 14.5 Å². The predicted molar refractivity (Wildman–Crippen MR) is 164 cm³/mol. The summed E-state index contributed by atoms with van der Waals surface area (Å²) in [4.78, 5) is 57.8. The van der Waals surface area contributed by atoms with Crippen LogP contribution in [0.5, 0.6) is 0 Å². The Bertz CT molecular complexity index is 1390. The van der Waals surface area contributed by atoms with Gasteiger partial charge in [0.25, 0.3) is 5.69 Å². The zero-order chi connectivity index (χ0) is 31.1. The summed E-state index contributed by atoms with van der Waals surface area (Å²) in [6.45, 7) is 9.88. The number of amides is 1. The number of hydrogen-bond donors (Lipinski definition) is 0. The monoisotopic (exact) mass is 588 g/mol. The lowest BCUT2D eigenvalue weighted by atomic mass is 9.72. The van der Waals surface area contributed by atoms with E-state index in [1.807, 2.05) is 44.2 Å². The highest BCUT2D eigenvalue weighted by Gasteiger charge is 2.44. The Balaban J connectivity index is 1.49. The smallest absolute Gasteiger partial charge is 0.316 e. The molecule has 0 aliphatic carbocycles. The van der Waals surface area contributed by atoms with Crippen LogP contribution in [-0.4, -0.2) is 71.4 Å². The van der Waals surface area contributed by atoms with Gasteiger partial charge in [-0.25, -0.2) is 0 Å². The second-order valence-corrected chi connectivity index (χ2v) is 11.3. The minimum Gasteiger partial charge on any atom is -0.465 e. The molecule has 1 amide bonds. The molecule has 2 unspecified atom stereocenters. The highest BCUT2D eigenvalue weighted by Crippen LogP contribution is 2.41. The molecule has 228 valence electrons. The molecule has 1 fully saturated rings.